The first-order chi connectivity index (χ1) is 13.5. The summed E-state index contributed by atoms with van der Waals surface area (Å²) in [5, 5.41) is 0. The first-order valence-corrected chi connectivity index (χ1v) is 9.54. The van der Waals surface area contributed by atoms with E-state index >= 15 is 0 Å². The number of amides is 2. The van der Waals surface area contributed by atoms with Gasteiger partial charge in [-0.15, -0.1) is 0 Å². The normalized spacial score (nSPS) is 10.4. The van der Waals surface area contributed by atoms with Crippen molar-refractivity contribution >= 4 is 11.8 Å². The van der Waals surface area contributed by atoms with E-state index in [0.717, 1.165) is 12.8 Å². The van der Waals surface area contributed by atoms with Crippen molar-refractivity contribution in [3.8, 4) is 11.5 Å². The minimum atomic E-state index is -0.444. The highest BCUT2D eigenvalue weighted by molar-refractivity contribution is 5.95. The zero-order valence-electron chi connectivity index (χ0n) is 16.7. The zero-order valence-corrected chi connectivity index (χ0v) is 16.7. The molecule has 0 unspecified atom stereocenters. The lowest BCUT2D eigenvalue weighted by Gasteiger charge is -2.10. The van der Waals surface area contributed by atoms with Gasteiger partial charge in [0.05, 0.1) is 6.61 Å². The third kappa shape index (κ3) is 6.95. The Bertz CT molecular complexity index is 755. The molecular weight excluding hydrogens is 356 g/mol. The summed E-state index contributed by atoms with van der Waals surface area (Å²) < 4.78 is 11.0. The molecule has 0 aliphatic rings. The maximum absolute atomic E-state index is 12.1. The monoisotopic (exact) mass is 384 g/mol. The predicted molar refractivity (Wildman–Crippen MR) is 108 cm³/mol. The van der Waals surface area contributed by atoms with E-state index in [1.807, 2.05) is 24.3 Å². The quantitative estimate of drug-likeness (QED) is 0.509. The number of hydrogen-bond acceptors (Lipinski definition) is 4. The van der Waals surface area contributed by atoms with Crippen LogP contribution in [-0.4, -0.2) is 25.0 Å². The topological polar surface area (TPSA) is 76.7 Å². The number of unbranched alkanes of at least 4 members (excludes halogenated alkanes) is 1. The number of nitrogens with one attached hydrogen (secondary N) is 2. The molecule has 28 heavy (non-hydrogen) atoms. The van der Waals surface area contributed by atoms with Crippen molar-refractivity contribution in [2.45, 2.75) is 39.5 Å². The van der Waals surface area contributed by atoms with Gasteiger partial charge in [-0.25, -0.2) is 0 Å². The molecule has 0 aromatic heterocycles. The third-order valence-electron chi connectivity index (χ3n) is 4.12. The summed E-state index contributed by atoms with van der Waals surface area (Å²) >= 11 is 0. The fourth-order valence-electron chi connectivity index (χ4n) is 2.37. The zero-order chi connectivity index (χ0) is 20.4. The molecule has 0 bridgehead atoms. The number of carbonyl (C=O) groups is 2. The van der Waals surface area contributed by atoms with Gasteiger partial charge in [0.2, 0.25) is 0 Å². The highest BCUT2D eigenvalue weighted by atomic mass is 16.5. The standard InChI is InChI=1S/C22H28N2O4/c1-4-5-14-27-19-12-8-18(9-13-19)22(26)24-23-21(25)15-28-20-10-6-17(7-11-20)16(2)3/h6-13,16H,4-5,14-15H2,1-3H3,(H,23,25)(H,24,26). The fourth-order valence-corrected chi connectivity index (χ4v) is 2.37. The highest BCUT2D eigenvalue weighted by Crippen LogP contribution is 2.18. The van der Waals surface area contributed by atoms with Crippen LogP contribution in [0.3, 0.4) is 0 Å². The first kappa shape index (κ1) is 21.3. The van der Waals surface area contributed by atoms with E-state index in [1.54, 1.807) is 24.3 Å². The lowest BCUT2D eigenvalue weighted by atomic mass is 10.0. The summed E-state index contributed by atoms with van der Waals surface area (Å²) in [6.07, 6.45) is 2.05. The van der Waals surface area contributed by atoms with E-state index in [4.69, 9.17) is 9.47 Å². The largest absolute Gasteiger partial charge is 0.494 e. The van der Waals surface area contributed by atoms with Gasteiger partial charge in [-0.2, -0.15) is 0 Å². The van der Waals surface area contributed by atoms with E-state index in [2.05, 4.69) is 31.6 Å². The molecule has 0 heterocycles. The van der Waals surface area contributed by atoms with Crippen LogP contribution >= 0.6 is 0 Å². The molecule has 0 radical (unpaired) electrons. The van der Waals surface area contributed by atoms with Crippen LogP contribution in [0, 0.1) is 0 Å². The van der Waals surface area contributed by atoms with Crippen LogP contribution in [0.15, 0.2) is 48.5 Å². The molecule has 2 N–H and O–H groups in total. The molecule has 0 fully saturated rings. The second-order valence-electron chi connectivity index (χ2n) is 6.74. The van der Waals surface area contributed by atoms with Gasteiger partial charge in [0.1, 0.15) is 11.5 Å². The van der Waals surface area contributed by atoms with Gasteiger partial charge in [0.15, 0.2) is 6.61 Å². The lowest BCUT2D eigenvalue weighted by Crippen LogP contribution is -2.43. The molecule has 2 rings (SSSR count). The average Bonchev–Trinajstić information content (AvgIpc) is 2.71. The Morgan fingerprint density at radius 2 is 1.50 bits per heavy atom. The Kier molecular flexibility index (Phi) is 8.34. The Hall–Kier alpha value is -3.02. The average molecular weight is 384 g/mol. The van der Waals surface area contributed by atoms with Crippen LogP contribution in [0.1, 0.15) is 55.5 Å². The Morgan fingerprint density at radius 3 is 2.11 bits per heavy atom. The van der Waals surface area contributed by atoms with Crippen molar-refractivity contribution in [2.24, 2.45) is 0 Å². The lowest BCUT2D eigenvalue weighted by molar-refractivity contribution is -0.123. The van der Waals surface area contributed by atoms with Gasteiger partial charge >= 0.3 is 0 Å². The summed E-state index contributed by atoms with van der Waals surface area (Å²) in [4.78, 5) is 23.9. The Morgan fingerprint density at radius 1 is 0.893 bits per heavy atom. The summed E-state index contributed by atoms with van der Waals surface area (Å²) in [7, 11) is 0. The molecule has 6 heteroatoms. The summed E-state index contributed by atoms with van der Waals surface area (Å²) in [5.41, 5.74) is 6.34. The van der Waals surface area contributed by atoms with Crippen molar-refractivity contribution < 1.29 is 19.1 Å². The van der Waals surface area contributed by atoms with Crippen LogP contribution in [0.25, 0.3) is 0 Å². The maximum atomic E-state index is 12.1. The van der Waals surface area contributed by atoms with Crippen molar-refractivity contribution in [3.63, 3.8) is 0 Å². The van der Waals surface area contributed by atoms with E-state index in [0.29, 0.717) is 29.6 Å². The van der Waals surface area contributed by atoms with Gasteiger partial charge in [0.25, 0.3) is 11.8 Å². The molecule has 0 spiro atoms. The number of hydrogen-bond donors (Lipinski definition) is 2. The molecule has 2 aromatic carbocycles. The van der Waals surface area contributed by atoms with E-state index in [1.165, 1.54) is 5.56 Å². The summed E-state index contributed by atoms with van der Waals surface area (Å²) in [6, 6.07) is 14.3. The Labute approximate surface area is 166 Å². The van der Waals surface area contributed by atoms with Crippen molar-refractivity contribution in [2.75, 3.05) is 13.2 Å². The second kappa shape index (κ2) is 11.0. The maximum Gasteiger partial charge on any atom is 0.276 e. The van der Waals surface area contributed by atoms with Gasteiger partial charge in [-0.3, -0.25) is 20.4 Å². The number of rotatable bonds is 9. The van der Waals surface area contributed by atoms with Crippen molar-refractivity contribution in [1.29, 1.82) is 0 Å². The van der Waals surface area contributed by atoms with E-state index in [-0.39, 0.29) is 6.61 Å². The van der Waals surface area contributed by atoms with Crippen LogP contribution in [0.2, 0.25) is 0 Å². The molecule has 0 saturated heterocycles. The number of benzene rings is 2. The summed E-state index contributed by atoms with van der Waals surface area (Å²) in [5.74, 6) is 0.899. The Balaban J connectivity index is 1.73. The van der Waals surface area contributed by atoms with Gasteiger partial charge in [-0.1, -0.05) is 39.3 Å². The number of carbonyl (C=O) groups excluding carboxylic acids is 2. The smallest absolute Gasteiger partial charge is 0.276 e. The predicted octanol–water partition coefficient (Wildman–Crippen LogP) is 3.83. The third-order valence-corrected chi connectivity index (χ3v) is 4.12. The molecule has 0 atom stereocenters. The van der Waals surface area contributed by atoms with E-state index in [9.17, 15) is 9.59 Å². The van der Waals surface area contributed by atoms with Gasteiger partial charge < -0.3 is 9.47 Å². The second-order valence-corrected chi connectivity index (χ2v) is 6.74. The first-order valence-electron chi connectivity index (χ1n) is 9.54. The molecular formula is C22H28N2O4. The number of ether oxygens (including phenoxy) is 2. The molecule has 0 saturated carbocycles. The minimum Gasteiger partial charge on any atom is -0.494 e. The van der Waals surface area contributed by atoms with Crippen molar-refractivity contribution in [1.82, 2.24) is 10.9 Å². The molecule has 6 nitrogen and oxygen atoms in total. The van der Waals surface area contributed by atoms with Gasteiger partial charge in [0, 0.05) is 5.56 Å². The SMILES string of the molecule is CCCCOc1ccc(C(=O)NNC(=O)COc2ccc(C(C)C)cc2)cc1. The van der Waals surface area contributed by atoms with Crippen LogP contribution in [0.5, 0.6) is 11.5 Å². The van der Waals surface area contributed by atoms with Crippen LogP contribution in [-0.2, 0) is 4.79 Å². The molecule has 2 aromatic rings. The van der Waals surface area contributed by atoms with Gasteiger partial charge in [-0.05, 0) is 54.3 Å². The molecule has 150 valence electrons. The fraction of sp³-hybridized carbons (Fsp3) is 0.364. The van der Waals surface area contributed by atoms with E-state index < -0.39 is 11.8 Å². The van der Waals surface area contributed by atoms with Crippen LogP contribution < -0.4 is 20.3 Å². The highest BCUT2D eigenvalue weighted by Gasteiger charge is 2.08. The molecule has 0 aliphatic carbocycles. The van der Waals surface area contributed by atoms with Crippen LogP contribution in [0.4, 0.5) is 0 Å². The molecule has 2 amide bonds. The van der Waals surface area contributed by atoms with Crippen molar-refractivity contribution in [3.05, 3.63) is 59.7 Å². The molecule has 0 aliphatic heterocycles. The number of hydrazine groups is 1. The minimum absolute atomic E-state index is 0.189. The summed E-state index contributed by atoms with van der Waals surface area (Å²) in [6.45, 7) is 6.78.